The minimum atomic E-state index is 0.338. The first-order valence-corrected chi connectivity index (χ1v) is 7.10. The van der Waals surface area contributed by atoms with E-state index in [0.29, 0.717) is 27.2 Å². The van der Waals surface area contributed by atoms with Crippen LogP contribution in [0, 0.1) is 6.92 Å². The van der Waals surface area contributed by atoms with E-state index in [1.54, 1.807) is 18.2 Å². The van der Waals surface area contributed by atoms with E-state index in [4.69, 9.17) is 33.5 Å². The van der Waals surface area contributed by atoms with Gasteiger partial charge in [-0.2, -0.15) is 0 Å². The Morgan fingerprint density at radius 1 is 1.05 bits per heavy atom. The van der Waals surface area contributed by atoms with Crippen LogP contribution in [-0.4, -0.2) is 5.16 Å². The molecule has 3 rings (SSSR count). The molecule has 0 radical (unpaired) electrons. The zero-order valence-corrected chi connectivity index (χ0v) is 12.7. The maximum atomic E-state index is 6.26. The second-order valence-corrected chi connectivity index (χ2v) is 5.55. The Morgan fingerprint density at radius 3 is 2.52 bits per heavy atom. The second kappa shape index (κ2) is 5.43. The molecule has 0 unspecified atom stereocenters. The maximum Gasteiger partial charge on any atom is 0.178 e. The minimum absolute atomic E-state index is 0.338. The number of rotatable bonds is 2. The molecule has 0 amide bonds. The van der Waals surface area contributed by atoms with E-state index in [9.17, 15) is 0 Å². The van der Waals surface area contributed by atoms with Gasteiger partial charge in [-0.3, -0.25) is 0 Å². The number of aromatic nitrogens is 1. The number of nitrogens with zero attached hydrogens (tertiary/aromatic N) is 1. The van der Waals surface area contributed by atoms with Crippen molar-refractivity contribution >= 4 is 29.0 Å². The van der Waals surface area contributed by atoms with Crippen molar-refractivity contribution in [2.24, 2.45) is 0 Å². The van der Waals surface area contributed by atoms with Gasteiger partial charge in [0.2, 0.25) is 0 Å². The molecule has 3 aromatic rings. The molecule has 3 nitrogen and oxygen atoms in total. The lowest BCUT2D eigenvalue weighted by molar-refractivity contribution is 0.436. The van der Waals surface area contributed by atoms with Gasteiger partial charge in [0.25, 0.3) is 0 Å². The monoisotopic (exact) mass is 318 g/mol. The van der Waals surface area contributed by atoms with Gasteiger partial charge in [-0.15, -0.1) is 0 Å². The molecule has 0 aliphatic carbocycles. The summed E-state index contributed by atoms with van der Waals surface area (Å²) in [6, 6.07) is 13.1. The van der Waals surface area contributed by atoms with Gasteiger partial charge in [-0.25, -0.2) is 0 Å². The van der Waals surface area contributed by atoms with Gasteiger partial charge in [0.05, 0.1) is 10.6 Å². The summed E-state index contributed by atoms with van der Waals surface area (Å²) in [6.07, 6.45) is 0. The summed E-state index contributed by atoms with van der Waals surface area (Å²) < 4.78 is 5.41. The molecule has 0 saturated heterocycles. The second-order valence-electron chi connectivity index (χ2n) is 4.71. The number of nitrogens with two attached hydrogens (primary N) is 1. The van der Waals surface area contributed by atoms with E-state index in [-0.39, 0.29) is 0 Å². The van der Waals surface area contributed by atoms with Gasteiger partial charge in [0.15, 0.2) is 11.6 Å². The summed E-state index contributed by atoms with van der Waals surface area (Å²) in [6.45, 7) is 2.01. The molecule has 0 bridgehead atoms. The lowest BCUT2D eigenvalue weighted by Crippen LogP contribution is -1.91. The summed E-state index contributed by atoms with van der Waals surface area (Å²) in [4.78, 5) is 0. The fourth-order valence-corrected chi connectivity index (χ4v) is 2.77. The van der Waals surface area contributed by atoms with Crippen molar-refractivity contribution in [1.82, 2.24) is 5.16 Å². The van der Waals surface area contributed by atoms with Crippen LogP contribution in [0.15, 0.2) is 47.0 Å². The quantitative estimate of drug-likeness (QED) is 0.706. The topological polar surface area (TPSA) is 52.0 Å². The van der Waals surface area contributed by atoms with Crippen LogP contribution >= 0.6 is 23.2 Å². The predicted molar refractivity (Wildman–Crippen MR) is 86.5 cm³/mol. The number of hydrogen-bond acceptors (Lipinski definition) is 3. The van der Waals surface area contributed by atoms with E-state index in [2.05, 4.69) is 5.16 Å². The lowest BCUT2D eigenvalue weighted by Gasteiger charge is -2.07. The highest BCUT2D eigenvalue weighted by atomic mass is 35.5. The minimum Gasteiger partial charge on any atom is -0.380 e. The molecule has 5 heteroatoms. The van der Waals surface area contributed by atoms with Crippen LogP contribution < -0.4 is 5.73 Å². The highest BCUT2D eigenvalue weighted by Crippen LogP contribution is 2.41. The molecule has 0 aliphatic rings. The average Bonchev–Trinajstić information content (AvgIpc) is 2.81. The Morgan fingerprint density at radius 2 is 1.81 bits per heavy atom. The molecule has 0 aliphatic heterocycles. The van der Waals surface area contributed by atoms with Crippen LogP contribution in [0.1, 0.15) is 5.56 Å². The normalized spacial score (nSPS) is 10.8. The standard InChI is InChI=1S/C16H12Cl2N2O/c1-9-4-2-3-5-11(9)14-15(21-20-16(14)19)12-7-6-10(17)8-13(12)18/h2-8H,1H3,(H2,19,20). The van der Waals surface area contributed by atoms with Crippen molar-refractivity contribution in [2.45, 2.75) is 6.92 Å². The Labute approximate surface area is 132 Å². The fourth-order valence-electron chi connectivity index (χ4n) is 2.27. The lowest BCUT2D eigenvalue weighted by atomic mass is 9.98. The molecular weight excluding hydrogens is 307 g/mol. The number of benzene rings is 2. The molecule has 2 N–H and O–H groups in total. The van der Waals surface area contributed by atoms with E-state index in [1.165, 1.54) is 0 Å². The van der Waals surface area contributed by atoms with Crippen LogP contribution in [0.4, 0.5) is 5.82 Å². The summed E-state index contributed by atoms with van der Waals surface area (Å²) in [5.74, 6) is 0.883. The van der Waals surface area contributed by atoms with Crippen molar-refractivity contribution in [3.63, 3.8) is 0 Å². The molecule has 0 spiro atoms. The van der Waals surface area contributed by atoms with Crippen molar-refractivity contribution < 1.29 is 4.52 Å². The average molecular weight is 319 g/mol. The summed E-state index contributed by atoms with van der Waals surface area (Å²) >= 11 is 12.2. The van der Waals surface area contributed by atoms with Gasteiger partial charge in [0, 0.05) is 10.6 Å². The highest BCUT2D eigenvalue weighted by Gasteiger charge is 2.20. The van der Waals surface area contributed by atoms with Crippen molar-refractivity contribution in [3.8, 4) is 22.5 Å². The molecule has 0 atom stereocenters. The summed E-state index contributed by atoms with van der Waals surface area (Å²) in [5, 5.41) is 4.94. The van der Waals surface area contributed by atoms with Crippen molar-refractivity contribution in [2.75, 3.05) is 5.73 Å². The number of nitrogen functional groups attached to an aromatic ring is 1. The first-order chi connectivity index (χ1) is 10.1. The van der Waals surface area contributed by atoms with Crippen LogP contribution in [0.25, 0.3) is 22.5 Å². The van der Waals surface area contributed by atoms with Crippen LogP contribution in [0.3, 0.4) is 0 Å². The first-order valence-electron chi connectivity index (χ1n) is 6.34. The fraction of sp³-hybridized carbons (Fsp3) is 0.0625. The van der Waals surface area contributed by atoms with Gasteiger partial charge < -0.3 is 10.3 Å². The van der Waals surface area contributed by atoms with Crippen LogP contribution in [0.5, 0.6) is 0 Å². The number of halogens is 2. The molecule has 1 heterocycles. The van der Waals surface area contributed by atoms with Crippen LogP contribution in [-0.2, 0) is 0 Å². The third-order valence-electron chi connectivity index (χ3n) is 3.31. The van der Waals surface area contributed by atoms with E-state index >= 15 is 0 Å². The molecule has 2 aromatic carbocycles. The van der Waals surface area contributed by atoms with E-state index in [1.807, 2.05) is 31.2 Å². The number of aryl methyl sites for hydroxylation is 1. The number of anilines is 1. The predicted octanol–water partition coefficient (Wildman–Crippen LogP) is 5.21. The Kier molecular flexibility index (Phi) is 3.62. The zero-order chi connectivity index (χ0) is 15.0. The van der Waals surface area contributed by atoms with Gasteiger partial charge in [0.1, 0.15) is 0 Å². The zero-order valence-electron chi connectivity index (χ0n) is 11.2. The Bertz CT molecular complexity index is 812. The largest absolute Gasteiger partial charge is 0.380 e. The van der Waals surface area contributed by atoms with Gasteiger partial charge >= 0.3 is 0 Å². The smallest absolute Gasteiger partial charge is 0.178 e. The SMILES string of the molecule is Cc1ccccc1-c1c(N)noc1-c1ccc(Cl)cc1Cl. The van der Waals surface area contributed by atoms with Crippen molar-refractivity contribution in [3.05, 3.63) is 58.1 Å². The third kappa shape index (κ3) is 2.50. The summed E-state index contributed by atoms with van der Waals surface area (Å²) in [7, 11) is 0. The van der Waals surface area contributed by atoms with Crippen LogP contribution in [0.2, 0.25) is 10.0 Å². The van der Waals surface area contributed by atoms with E-state index < -0.39 is 0 Å². The highest BCUT2D eigenvalue weighted by molar-refractivity contribution is 6.36. The molecular formula is C16H12Cl2N2O. The molecule has 21 heavy (non-hydrogen) atoms. The molecule has 0 saturated carbocycles. The van der Waals surface area contributed by atoms with Gasteiger partial charge in [-0.1, -0.05) is 52.6 Å². The third-order valence-corrected chi connectivity index (χ3v) is 3.86. The Balaban J connectivity index is 2.25. The van der Waals surface area contributed by atoms with Crippen molar-refractivity contribution in [1.29, 1.82) is 0 Å². The Hall–Kier alpha value is -1.97. The number of hydrogen-bond donors (Lipinski definition) is 1. The van der Waals surface area contributed by atoms with E-state index in [0.717, 1.165) is 16.7 Å². The molecule has 106 valence electrons. The van der Waals surface area contributed by atoms with Gasteiger partial charge in [-0.05, 0) is 36.2 Å². The molecule has 1 aromatic heterocycles. The summed E-state index contributed by atoms with van der Waals surface area (Å²) in [5.41, 5.74) is 9.50. The molecule has 0 fully saturated rings. The first kappa shape index (κ1) is 14.0. The maximum absolute atomic E-state index is 6.26.